The lowest BCUT2D eigenvalue weighted by atomic mass is 10.1. The summed E-state index contributed by atoms with van der Waals surface area (Å²) in [5, 5.41) is 3.85. The first-order valence-corrected chi connectivity index (χ1v) is 6.07. The van der Waals surface area contributed by atoms with E-state index in [0.29, 0.717) is 36.7 Å². The van der Waals surface area contributed by atoms with Crippen LogP contribution in [-0.2, 0) is 11.2 Å². The second-order valence-electron chi connectivity index (χ2n) is 3.94. The summed E-state index contributed by atoms with van der Waals surface area (Å²) in [5.74, 6) is 0.594. The van der Waals surface area contributed by atoms with E-state index >= 15 is 0 Å². The first-order valence-electron chi connectivity index (χ1n) is 6.07. The Morgan fingerprint density at radius 2 is 2.11 bits per heavy atom. The maximum Gasteiger partial charge on any atom is 0.257 e. The Kier molecular flexibility index (Phi) is 4.28. The van der Waals surface area contributed by atoms with Crippen LogP contribution >= 0.6 is 0 Å². The molecule has 0 fully saturated rings. The Hall–Kier alpha value is -2.17. The highest BCUT2D eigenvalue weighted by Crippen LogP contribution is 2.31. The Bertz CT molecular complexity index is 548. The number of carbonyl (C=O) groups is 1. The Balaban J connectivity index is 2.38. The lowest BCUT2D eigenvalue weighted by molar-refractivity contribution is -0.107. The molecule has 0 atom stereocenters. The summed E-state index contributed by atoms with van der Waals surface area (Å²) in [4.78, 5) is 10.5. The monoisotopic (exact) mass is 263 g/mol. The van der Waals surface area contributed by atoms with Crippen molar-refractivity contribution in [3.05, 3.63) is 35.6 Å². The standard InChI is InChI=1S/C14H14FNO3/c1-2-18-14-12(4-3-9-17)13(19-16-14)10-5-7-11(15)8-6-10/h5-9H,2-4H2,1H3. The van der Waals surface area contributed by atoms with E-state index in [4.69, 9.17) is 9.26 Å². The summed E-state index contributed by atoms with van der Waals surface area (Å²) >= 11 is 0. The smallest absolute Gasteiger partial charge is 0.257 e. The molecule has 0 radical (unpaired) electrons. The van der Waals surface area contributed by atoms with Gasteiger partial charge in [0, 0.05) is 12.0 Å². The van der Waals surface area contributed by atoms with Gasteiger partial charge in [0.1, 0.15) is 12.1 Å². The van der Waals surface area contributed by atoms with Gasteiger partial charge in [-0.2, -0.15) is 0 Å². The molecule has 19 heavy (non-hydrogen) atoms. The van der Waals surface area contributed by atoms with E-state index in [1.54, 1.807) is 12.1 Å². The average Bonchev–Trinajstić information content (AvgIpc) is 2.81. The number of benzene rings is 1. The minimum absolute atomic E-state index is 0.317. The number of aldehydes is 1. The highest BCUT2D eigenvalue weighted by atomic mass is 19.1. The molecule has 0 saturated carbocycles. The highest BCUT2D eigenvalue weighted by Gasteiger charge is 2.18. The number of ether oxygens (including phenoxy) is 1. The molecule has 100 valence electrons. The summed E-state index contributed by atoms with van der Waals surface area (Å²) < 4.78 is 23.5. The van der Waals surface area contributed by atoms with Crippen molar-refractivity contribution in [3.63, 3.8) is 0 Å². The van der Waals surface area contributed by atoms with E-state index in [1.807, 2.05) is 6.92 Å². The van der Waals surface area contributed by atoms with Crippen LogP contribution < -0.4 is 4.74 Å². The Morgan fingerprint density at radius 1 is 1.37 bits per heavy atom. The third-order valence-corrected chi connectivity index (χ3v) is 2.65. The summed E-state index contributed by atoms with van der Waals surface area (Å²) in [6, 6.07) is 5.91. The van der Waals surface area contributed by atoms with Crippen LogP contribution in [-0.4, -0.2) is 18.0 Å². The minimum Gasteiger partial charge on any atom is -0.476 e. The Morgan fingerprint density at radius 3 is 2.74 bits per heavy atom. The zero-order valence-corrected chi connectivity index (χ0v) is 10.6. The molecule has 5 heteroatoms. The van der Waals surface area contributed by atoms with Crippen molar-refractivity contribution in [1.29, 1.82) is 0 Å². The van der Waals surface area contributed by atoms with Gasteiger partial charge in [-0.05, 0) is 42.8 Å². The molecule has 2 rings (SSSR count). The van der Waals surface area contributed by atoms with E-state index < -0.39 is 0 Å². The molecule has 0 saturated heterocycles. The van der Waals surface area contributed by atoms with Crippen molar-refractivity contribution in [3.8, 4) is 17.2 Å². The number of hydrogen-bond acceptors (Lipinski definition) is 4. The van der Waals surface area contributed by atoms with Crippen LogP contribution in [0.5, 0.6) is 5.88 Å². The second-order valence-corrected chi connectivity index (χ2v) is 3.94. The molecule has 0 unspecified atom stereocenters. The van der Waals surface area contributed by atoms with Crippen molar-refractivity contribution in [2.45, 2.75) is 19.8 Å². The molecule has 1 aromatic carbocycles. The van der Waals surface area contributed by atoms with Crippen molar-refractivity contribution in [2.75, 3.05) is 6.61 Å². The molecular weight excluding hydrogens is 249 g/mol. The van der Waals surface area contributed by atoms with E-state index in [2.05, 4.69) is 5.16 Å². The zero-order chi connectivity index (χ0) is 13.7. The molecule has 0 spiro atoms. The van der Waals surface area contributed by atoms with E-state index in [9.17, 15) is 9.18 Å². The normalized spacial score (nSPS) is 10.4. The van der Waals surface area contributed by atoms with Gasteiger partial charge in [0.05, 0.1) is 12.2 Å². The van der Waals surface area contributed by atoms with Crippen molar-refractivity contribution in [2.24, 2.45) is 0 Å². The number of nitrogens with zero attached hydrogens (tertiary/aromatic N) is 1. The number of halogens is 1. The molecule has 0 amide bonds. The van der Waals surface area contributed by atoms with Crippen LogP contribution in [0.15, 0.2) is 28.8 Å². The average molecular weight is 263 g/mol. The van der Waals surface area contributed by atoms with Gasteiger partial charge in [-0.1, -0.05) is 0 Å². The van der Waals surface area contributed by atoms with Gasteiger partial charge in [0.2, 0.25) is 0 Å². The SMILES string of the molecule is CCOc1noc(-c2ccc(F)cc2)c1CCC=O. The van der Waals surface area contributed by atoms with Gasteiger partial charge < -0.3 is 14.1 Å². The topological polar surface area (TPSA) is 52.3 Å². The fraction of sp³-hybridized carbons (Fsp3) is 0.286. The fourth-order valence-electron chi connectivity index (χ4n) is 1.80. The largest absolute Gasteiger partial charge is 0.476 e. The second kappa shape index (κ2) is 6.13. The molecule has 0 bridgehead atoms. The Labute approximate surface area is 110 Å². The zero-order valence-electron chi connectivity index (χ0n) is 10.6. The van der Waals surface area contributed by atoms with Gasteiger partial charge in [-0.15, -0.1) is 0 Å². The van der Waals surface area contributed by atoms with Gasteiger partial charge in [-0.3, -0.25) is 0 Å². The molecule has 0 aliphatic carbocycles. The van der Waals surface area contributed by atoms with Crippen LogP contribution in [0.25, 0.3) is 11.3 Å². The molecule has 4 nitrogen and oxygen atoms in total. The summed E-state index contributed by atoms with van der Waals surface area (Å²) in [6.07, 6.45) is 1.67. The van der Waals surface area contributed by atoms with Crippen LogP contribution in [0.4, 0.5) is 4.39 Å². The summed E-state index contributed by atoms with van der Waals surface area (Å²) in [5.41, 5.74) is 1.45. The molecular formula is C14H14FNO3. The number of carbonyl (C=O) groups excluding carboxylic acids is 1. The molecule has 0 N–H and O–H groups in total. The maximum atomic E-state index is 12.9. The molecule has 2 aromatic rings. The lowest BCUT2D eigenvalue weighted by Gasteiger charge is -2.02. The third kappa shape index (κ3) is 2.99. The molecule has 1 heterocycles. The van der Waals surface area contributed by atoms with Crippen molar-refractivity contribution in [1.82, 2.24) is 5.16 Å². The van der Waals surface area contributed by atoms with Gasteiger partial charge in [-0.25, -0.2) is 4.39 Å². The highest BCUT2D eigenvalue weighted by molar-refractivity contribution is 5.64. The van der Waals surface area contributed by atoms with E-state index in [0.717, 1.165) is 11.8 Å². The minimum atomic E-state index is -0.317. The van der Waals surface area contributed by atoms with Crippen LogP contribution in [0, 0.1) is 5.82 Å². The fourth-order valence-corrected chi connectivity index (χ4v) is 1.80. The number of rotatable bonds is 6. The number of hydrogen-bond donors (Lipinski definition) is 0. The summed E-state index contributed by atoms with van der Waals surface area (Å²) in [6.45, 7) is 2.30. The maximum absolute atomic E-state index is 12.9. The lowest BCUT2D eigenvalue weighted by Crippen LogP contribution is -1.96. The molecule has 1 aromatic heterocycles. The van der Waals surface area contributed by atoms with Crippen LogP contribution in [0.1, 0.15) is 18.9 Å². The first kappa shape index (κ1) is 13.3. The van der Waals surface area contributed by atoms with Gasteiger partial charge in [0.15, 0.2) is 5.76 Å². The van der Waals surface area contributed by atoms with Gasteiger partial charge >= 0.3 is 0 Å². The van der Waals surface area contributed by atoms with Gasteiger partial charge in [0.25, 0.3) is 5.88 Å². The molecule has 0 aliphatic heterocycles. The van der Waals surface area contributed by atoms with Crippen molar-refractivity contribution < 1.29 is 18.4 Å². The van der Waals surface area contributed by atoms with E-state index in [1.165, 1.54) is 12.1 Å². The molecule has 0 aliphatic rings. The third-order valence-electron chi connectivity index (χ3n) is 2.65. The summed E-state index contributed by atoms with van der Waals surface area (Å²) in [7, 11) is 0. The van der Waals surface area contributed by atoms with Crippen LogP contribution in [0.2, 0.25) is 0 Å². The quantitative estimate of drug-likeness (QED) is 0.752. The number of aromatic nitrogens is 1. The first-order chi connectivity index (χ1) is 9.26. The van der Waals surface area contributed by atoms with Crippen LogP contribution in [0.3, 0.4) is 0 Å². The predicted octanol–water partition coefficient (Wildman–Crippen LogP) is 3.01. The predicted molar refractivity (Wildman–Crippen MR) is 67.5 cm³/mol. The van der Waals surface area contributed by atoms with E-state index in [-0.39, 0.29) is 5.82 Å². The van der Waals surface area contributed by atoms with Crippen molar-refractivity contribution >= 4 is 6.29 Å².